The molecule has 2 rings (SSSR count). The summed E-state index contributed by atoms with van der Waals surface area (Å²) in [6.07, 6.45) is 0.253. The monoisotopic (exact) mass is 396 g/mol. The third-order valence-electron chi connectivity index (χ3n) is 4.24. The van der Waals surface area contributed by atoms with Crippen LogP contribution in [0.15, 0.2) is 24.3 Å². The van der Waals surface area contributed by atoms with Gasteiger partial charge in [0.1, 0.15) is 10.9 Å². The third kappa shape index (κ3) is 7.11. The van der Waals surface area contributed by atoms with E-state index in [2.05, 4.69) is 32.6 Å². The van der Waals surface area contributed by atoms with Crippen molar-refractivity contribution < 1.29 is 18.8 Å². The van der Waals surface area contributed by atoms with E-state index in [1.807, 2.05) is 7.05 Å². The number of para-hydroxylation sites is 2. The number of hydrogen-bond acceptors (Lipinski definition) is 6. The Labute approximate surface area is 164 Å². The van der Waals surface area contributed by atoms with Crippen molar-refractivity contribution >= 4 is 20.3 Å². The van der Waals surface area contributed by atoms with Gasteiger partial charge in [-0.05, 0) is 58.7 Å². The SMILES string of the molecule is CC(C)(C)OC(=O)Oc1ccccc1N.CC1N(C)C1(CC(C)(C)C)P=O. The first-order chi connectivity index (χ1) is 12.2. The Balaban J connectivity index is 0.000000277. The zero-order valence-electron chi connectivity index (χ0n) is 17.7. The summed E-state index contributed by atoms with van der Waals surface area (Å²) in [6.45, 7) is 14.0. The van der Waals surface area contributed by atoms with Crippen molar-refractivity contribution in [1.82, 2.24) is 4.90 Å². The number of nitrogens with zero attached hydrogens (tertiary/aromatic N) is 1. The summed E-state index contributed by atoms with van der Waals surface area (Å²) in [6, 6.07) is 7.22. The smallest absolute Gasteiger partial charge is 0.428 e. The Hall–Kier alpha value is -1.65. The summed E-state index contributed by atoms with van der Waals surface area (Å²) < 4.78 is 21.0. The Morgan fingerprint density at radius 1 is 1.22 bits per heavy atom. The lowest BCUT2D eigenvalue weighted by Gasteiger charge is -2.21. The van der Waals surface area contributed by atoms with Gasteiger partial charge in [-0.1, -0.05) is 32.9 Å². The molecule has 1 aliphatic rings. The summed E-state index contributed by atoms with van der Waals surface area (Å²) in [5.41, 5.74) is 5.70. The van der Waals surface area contributed by atoms with E-state index >= 15 is 0 Å². The molecule has 6 nitrogen and oxygen atoms in total. The van der Waals surface area contributed by atoms with Crippen LogP contribution in [0.1, 0.15) is 54.9 Å². The Bertz CT molecular complexity index is 657. The van der Waals surface area contributed by atoms with Gasteiger partial charge < -0.3 is 15.2 Å². The second-order valence-corrected chi connectivity index (χ2v) is 10.1. The van der Waals surface area contributed by atoms with Crippen LogP contribution in [0.5, 0.6) is 5.75 Å². The third-order valence-corrected chi connectivity index (χ3v) is 5.41. The predicted octanol–water partition coefficient (Wildman–Crippen LogP) is 5.33. The van der Waals surface area contributed by atoms with E-state index in [4.69, 9.17) is 15.2 Å². The molecule has 1 aromatic carbocycles. The number of ether oxygens (including phenoxy) is 2. The molecule has 3 atom stereocenters. The number of likely N-dealkylation sites (N-methyl/N-ethyl adjacent to an activating group) is 1. The zero-order chi connectivity index (χ0) is 21.0. The van der Waals surface area contributed by atoms with Gasteiger partial charge >= 0.3 is 6.16 Å². The minimum absolute atomic E-state index is 0.0573. The molecule has 1 fully saturated rings. The maximum absolute atomic E-state index is 11.3. The van der Waals surface area contributed by atoms with Crippen molar-refractivity contribution in [3.05, 3.63) is 24.3 Å². The molecule has 0 amide bonds. The maximum atomic E-state index is 11.3. The van der Waals surface area contributed by atoms with Crippen LogP contribution in [0.3, 0.4) is 0 Å². The Morgan fingerprint density at radius 3 is 2.07 bits per heavy atom. The molecule has 1 aromatic rings. The number of nitrogens with two attached hydrogens (primary N) is 1. The molecule has 3 unspecified atom stereocenters. The van der Waals surface area contributed by atoms with Gasteiger partial charge in [-0.15, -0.1) is 0 Å². The van der Waals surface area contributed by atoms with Crippen molar-refractivity contribution in [2.24, 2.45) is 5.41 Å². The van der Waals surface area contributed by atoms with Crippen LogP contribution in [-0.4, -0.2) is 35.0 Å². The van der Waals surface area contributed by atoms with Gasteiger partial charge in [0.15, 0.2) is 14.2 Å². The fraction of sp³-hybridized carbons (Fsp3) is 0.650. The molecule has 2 N–H and O–H groups in total. The zero-order valence-corrected chi connectivity index (χ0v) is 18.6. The second kappa shape index (κ2) is 8.57. The fourth-order valence-electron chi connectivity index (χ4n) is 2.79. The minimum atomic E-state index is -0.750. The molecule has 0 aromatic heterocycles. The summed E-state index contributed by atoms with van der Waals surface area (Å²) >= 11 is 0. The van der Waals surface area contributed by atoms with Gasteiger partial charge in [0, 0.05) is 6.04 Å². The number of carbonyl (C=O) groups is 1. The van der Waals surface area contributed by atoms with Gasteiger partial charge in [-0.2, -0.15) is 0 Å². The molecule has 1 aliphatic heterocycles. The lowest BCUT2D eigenvalue weighted by Crippen LogP contribution is -2.26. The van der Waals surface area contributed by atoms with Crippen LogP contribution < -0.4 is 10.5 Å². The second-order valence-electron chi connectivity index (χ2n) is 9.10. The van der Waals surface area contributed by atoms with Crippen LogP contribution in [0.4, 0.5) is 10.5 Å². The van der Waals surface area contributed by atoms with E-state index in [1.54, 1.807) is 45.0 Å². The van der Waals surface area contributed by atoms with Crippen LogP contribution in [0, 0.1) is 5.41 Å². The fourth-order valence-corrected chi connectivity index (χ4v) is 3.90. The molecule has 1 heterocycles. The number of hydrogen-bond donors (Lipinski definition) is 1. The molecule has 0 radical (unpaired) electrons. The van der Waals surface area contributed by atoms with E-state index in [1.165, 1.54) is 0 Å². The molecule has 0 bridgehead atoms. The summed E-state index contributed by atoms with van der Waals surface area (Å²) in [7, 11) is 2.32. The van der Waals surface area contributed by atoms with E-state index < -0.39 is 11.8 Å². The van der Waals surface area contributed by atoms with Gasteiger partial charge in [-0.25, -0.2) is 4.79 Å². The van der Waals surface area contributed by atoms with Crippen molar-refractivity contribution in [3.8, 4) is 5.75 Å². The van der Waals surface area contributed by atoms with E-state index in [-0.39, 0.29) is 19.2 Å². The maximum Gasteiger partial charge on any atom is 0.514 e. The summed E-state index contributed by atoms with van der Waals surface area (Å²) in [4.78, 5) is 13.5. The van der Waals surface area contributed by atoms with Crippen molar-refractivity contribution in [1.29, 1.82) is 0 Å². The van der Waals surface area contributed by atoms with Crippen LogP contribution >= 0.6 is 8.46 Å². The predicted molar refractivity (Wildman–Crippen MR) is 109 cm³/mol. The highest BCUT2D eigenvalue weighted by molar-refractivity contribution is 7.26. The number of rotatable bonds is 3. The molecule has 0 spiro atoms. The molecular formula is C20H33N2O4P. The van der Waals surface area contributed by atoms with Gasteiger partial charge in [0.2, 0.25) is 0 Å². The first kappa shape index (κ1) is 23.4. The van der Waals surface area contributed by atoms with E-state index in [0.717, 1.165) is 6.42 Å². The molecule has 152 valence electrons. The normalized spacial score (nSPS) is 24.6. The molecule has 0 aliphatic carbocycles. The lowest BCUT2D eigenvalue weighted by molar-refractivity contribution is 0.0207. The minimum Gasteiger partial charge on any atom is -0.428 e. The standard InChI is InChI=1S/C11H15NO3.C9H18NOP/c1-11(2,3)15-10(13)14-9-7-5-4-6-8(9)12;1-7-9(12-11,10(7)5)6-8(2,3)4/h4-7H,12H2,1-3H3;7H,6H2,1-5H3. The van der Waals surface area contributed by atoms with Crippen molar-refractivity contribution in [3.63, 3.8) is 0 Å². The van der Waals surface area contributed by atoms with E-state index in [9.17, 15) is 9.36 Å². The quantitative estimate of drug-likeness (QED) is 0.245. The number of anilines is 1. The lowest BCUT2D eigenvalue weighted by atomic mass is 9.89. The largest absolute Gasteiger partial charge is 0.514 e. The topological polar surface area (TPSA) is 81.6 Å². The summed E-state index contributed by atoms with van der Waals surface area (Å²) in [5.74, 6) is 0.312. The molecular weight excluding hydrogens is 363 g/mol. The van der Waals surface area contributed by atoms with Gasteiger partial charge in [0.05, 0.1) is 5.69 Å². The number of carbonyl (C=O) groups excluding carboxylic acids is 1. The molecule has 27 heavy (non-hydrogen) atoms. The van der Waals surface area contributed by atoms with Crippen molar-refractivity contribution in [2.75, 3.05) is 12.8 Å². The van der Waals surface area contributed by atoms with Gasteiger partial charge in [0.25, 0.3) is 0 Å². The first-order valence-electron chi connectivity index (χ1n) is 9.04. The molecule has 0 saturated carbocycles. The van der Waals surface area contributed by atoms with Crippen LogP contribution in [-0.2, 0) is 9.30 Å². The molecule has 1 saturated heterocycles. The highest BCUT2D eigenvalue weighted by Gasteiger charge is 2.60. The summed E-state index contributed by atoms with van der Waals surface area (Å²) in [5, 5.41) is -0.0573. The average molecular weight is 396 g/mol. The van der Waals surface area contributed by atoms with Gasteiger partial charge in [-0.3, -0.25) is 9.46 Å². The first-order valence-corrected chi connectivity index (χ1v) is 9.86. The highest BCUT2D eigenvalue weighted by atomic mass is 31.1. The van der Waals surface area contributed by atoms with Crippen LogP contribution in [0.25, 0.3) is 0 Å². The van der Waals surface area contributed by atoms with Crippen molar-refractivity contribution in [2.45, 2.75) is 71.8 Å². The highest BCUT2D eigenvalue weighted by Crippen LogP contribution is 2.53. The van der Waals surface area contributed by atoms with E-state index in [0.29, 0.717) is 17.5 Å². The number of nitrogen functional groups attached to an aromatic ring is 1. The Kier molecular flexibility index (Phi) is 7.43. The Morgan fingerprint density at radius 2 is 1.74 bits per heavy atom. The number of benzene rings is 1. The molecule has 7 heteroatoms. The van der Waals surface area contributed by atoms with Crippen LogP contribution in [0.2, 0.25) is 0 Å². The average Bonchev–Trinajstić information content (AvgIpc) is 3.00.